The van der Waals surface area contributed by atoms with Gasteiger partial charge in [0.15, 0.2) is 0 Å². The number of carbonyl (C=O) groups is 2. The number of nitrogens with one attached hydrogen (secondary N) is 1. The van der Waals surface area contributed by atoms with Gasteiger partial charge >= 0.3 is 0 Å². The largest absolute Gasteiger partial charge is 0.497 e. The molecule has 1 aliphatic heterocycles. The Hall–Kier alpha value is -2.97. The van der Waals surface area contributed by atoms with E-state index in [9.17, 15) is 9.59 Å². The van der Waals surface area contributed by atoms with Crippen LogP contribution in [0.25, 0.3) is 10.9 Å². The molecule has 0 saturated heterocycles. The first-order chi connectivity index (χ1) is 16.4. The molecule has 7 nitrogen and oxygen atoms in total. The quantitative estimate of drug-likeness (QED) is 0.486. The first-order valence-electron chi connectivity index (χ1n) is 11.5. The van der Waals surface area contributed by atoms with Crippen molar-refractivity contribution in [3.8, 4) is 5.75 Å². The van der Waals surface area contributed by atoms with E-state index >= 15 is 0 Å². The molecule has 2 aromatic carbocycles. The van der Waals surface area contributed by atoms with E-state index in [4.69, 9.17) is 9.47 Å². The van der Waals surface area contributed by atoms with Gasteiger partial charge in [0.05, 0.1) is 24.0 Å². The summed E-state index contributed by atoms with van der Waals surface area (Å²) in [5.41, 5.74) is 2.56. The number of anilines is 1. The van der Waals surface area contributed by atoms with Gasteiger partial charge in [-0.3, -0.25) is 14.5 Å². The maximum Gasteiger partial charge on any atom is 0.247 e. The lowest BCUT2D eigenvalue weighted by Gasteiger charge is -2.30. The minimum absolute atomic E-state index is 0.112. The zero-order valence-corrected chi connectivity index (χ0v) is 20.9. The van der Waals surface area contributed by atoms with Crippen molar-refractivity contribution in [2.24, 2.45) is 7.05 Å². The first-order valence-corrected chi connectivity index (χ1v) is 12.5. The van der Waals surface area contributed by atoms with E-state index in [2.05, 4.69) is 9.88 Å². The fourth-order valence-electron chi connectivity index (χ4n) is 4.29. The summed E-state index contributed by atoms with van der Waals surface area (Å²) in [6.07, 6.45) is 0.848. The number of carbonyl (C=O) groups excluding carboxylic acids is 2. The molecule has 8 heteroatoms. The number of amides is 2. The third kappa shape index (κ3) is 4.79. The van der Waals surface area contributed by atoms with Gasteiger partial charge in [-0.1, -0.05) is 30.0 Å². The van der Waals surface area contributed by atoms with Crippen molar-refractivity contribution in [1.29, 1.82) is 0 Å². The third-order valence-corrected chi connectivity index (χ3v) is 7.05. The van der Waals surface area contributed by atoms with Gasteiger partial charge in [0.25, 0.3) is 0 Å². The highest BCUT2D eigenvalue weighted by Gasteiger charge is 2.39. The van der Waals surface area contributed by atoms with Crippen LogP contribution in [-0.2, 0) is 21.4 Å². The van der Waals surface area contributed by atoms with Gasteiger partial charge in [0, 0.05) is 42.4 Å². The fraction of sp³-hybridized carbons (Fsp3) is 0.385. The topological polar surface area (TPSA) is 72.8 Å². The summed E-state index contributed by atoms with van der Waals surface area (Å²) >= 11 is 1.48. The van der Waals surface area contributed by atoms with E-state index in [0.29, 0.717) is 31.0 Å². The van der Waals surface area contributed by atoms with Gasteiger partial charge < -0.3 is 19.4 Å². The van der Waals surface area contributed by atoms with E-state index in [-0.39, 0.29) is 23.7 Å². The van der Waals surface area contributed by atoms with Crippen LogP contribution in [0, 0.1) is 0 Å². The molecule has 2 heterocycles. The van der Waals surface area contributed by atoms with E-state index in [0.717, 1.165) is 21.5 Å². The number of fused-ring (bicyclic) bond motifs is 3. The second kappa shape index (κ2) is 10.5. The summed E-state index contributed by atoms with van der Waals surface area (Å²) < 4.78 is 13.0. The molecule has 0 saturated carbocycles. The molecule has 1 atom stereocenters. The van der Waals surface area contributed by atoms with Gasteiger partial charge in [-0.25, -0.2) is 0 Å². The monoisotopic (exact) mass is 481 g/mol. The van der Waals surface area contributed by atoms with Crippen molar-refractivity contribution in [3.63, 3.8) is 0 Å². The van der Waals surface area contributed by atoms with Crippen LogP contribution < -0.4 is 15.0 Å². The van der Waals surface area contributed by atoms with Crippen LogP contribution in [0.15, 0.2) is 53.6 Å². The molecule has 1 aromatic heterocycles. The van der Waals surface area contributed by atoms with Crippen molar-refractivity contribution >= 4 is 40.2 Å². The zero-order chi connectivity index (χ0) is 24.2. The zero-order valence-electron chi connectivity index (χ0n) is 20.0. The van der Waals surface area contributed by atoms with Gasteiger partial charge in [0.2, 0.25) is 11.8 Å². The number of hydrogen-bond donors (Lipinski definition) is 1. The Labute approximate surface area is 204 Å². The van der Waals surface area contributed by atoms with Gasteiger partial charge in [-0.15, -0.1) is 0 Å². The minimum Gasteiger partial charge on any atom is -0.497 e. The number of rotatable bonds is 8. The SMILES string of the molecule is COc1ccc(N2C(=O)CSc3c(c4ccccc4n3C)[C@H]2C(=O)NCCCOC(C)C)cc1. The Bertz CT molecular complexity index is 1170. The number of nitrogens with zero attached hydrogens (tertiary/aromatic N) is 2. The summed E-state index contributed by atoms with van der Waals surface area (Å²) in [5.74, 6) is 0.625. The van der Waals surface area contributed by atoms with Gasteiger partial charge in [-0.2, -0.15) is 0 Å². The van der Waals surface area contributed by atoms with Gasteiger partial charge in [0.1, 0.15) is 11.8 Å². The maximum atomic E-state index is 13.7. The average Bonchev–Trinajstić information content (AvgIpc) is 3.01. The molecule has 1 aliphatic rings. The minimum atomic E-state index is -0.789. The van der Waals surface area contributed by atoms with E-state index < -0.39 is 6.04 Å². The molecule has 2 amide bonds. The molecule has 0 spiro atoms. The maximum absolute atomic E-state index is 13.7. The molecule has 0 bridgehead atoms. The normalized spacial score (nSPS) is 16.0. The summed E-state index contributed by atoms with van der Waals surface area (Å²) in [5, 5.41) is 4.97. The van der Waals surface area contributed by atoms with Crippen LogP contribution >= 0.6 is 11.8 Å². The number of aromatic nitrogens is 1. The molecule has 0 fully saturated rings. The predicted octanol–water partition coefficient (Wildman–Crippen LogP) is 4.30. The Morgan fingerprint density at radius 1 is 1.18 bits per heavy atom. The summed E-state index contributed by atoms with van der Waals surface area (Å²) in [6.45, 7) is 5.02. The van der Waals surface area contributed by atoms with Crippen LogP contribution in [0.2, 0.25) is 0 Å². The van der Waals surface area contributed by atoms with Crippen molar-refractivity contribution in [3.05, 3.63) is 54.1 Å². The highest BCUT2D eigenvalue weighted by Crippen LogP contribution is 2.43. The lowest BCUT2D eigenvalue weighted by Crippen LogP contribution is -2.44. The van der Waals surface area contributed by atoms with Crippen LogP contribution in [0.4, 0.5) is 5.69 Å². The molecule has 0 aliphatic carbocycles. The molecule has 4 rings (SSSR count). The van der Waals surface area contributed by atoms with Crippen LogP contribution in [0.1, 0.15) is 31.9 Å². The second-order valence-electron chi connectivity index (χ2n) is 8.51. The van der Waals surface area contributed by atoms with Crippen molar-refractivity contribution in [2.75, 3.05) is 30.9 Å². The summed E-state index contributed by atoms with van der Waals surface area (Å²) in [7, 11) is 3.59. The molecule has 3 aromatic rings. The molecule has 34 heavy (non-hydrogen) atoms. The van der Waals surface area contributed by atoms with E-state index in [1.165, 1.54) is 11.8 Å². The number of methoxy groups -OCH3 is 1. The number of para-hydroxylation sites is 1. The Balaban J connectivity index is 1.76. The van der Waals surface area contributed by atoms with E-state index in [1.807, 2.05) is 69.4 Å². The smallest absolute Gasteiger partial charge is 0.247 e. The molecule has 0 unspecified atom stereocenters. The Morgan fingerprint density at radius 3 is 2.62 bits per heavy atom. The highest BCUT2D eigenvalue weighted by atomic mass is 32.2. The summed E-state index contributed by atoms with van der Waals surface area (Å²) in [4.78, 5) is 28.8. The number of hydrogen-bond acceptors (Lipinski definition) is 5. The average molecular weight is 482 g/mol. The molecule has 1 N–H and O–H groups in total. The second-order valence-corrected chi connectivity index (χ2v) is 9.48. The molecular formula is C26H31N3O4S. The van der Waals surface area contributed by atoms with Crippen LogP contribution in [0.5, 0.6) is 5.75 Å². The van der Waals surface area contributed by atoms with E-state index in [1.54, 1.807) is 12.0 Å². The number of aryl methyl sites for hydroxylation is 1. The molecule has 0 radical (unpaired) electrons. The van der Waals surface area contributed by atoms with Crippen LogP contribution in [-0.4, -0.2) is 48.5 Å². The van der Waals surface area contributed by atoms with Crippen molar-refractivity contribution in [2.45, 2.75) is 37.4 Å². The lowest BCUT2D eigenvalue weighted by atomic mass is 10.0. The Kier molecular flexibility index (Phi) is 7.48. The number of ether oxygens (including phenoxy) is 2. The number of benzene rings is 2. The molecule has 180 valence electrons. The Morgan fingerprint density at radius 2 is 1.91 bits per heavy atom. The first kappa shape index (κ1) is 24.2. The third-order valence-electron chi connectivity index (χ3n) is 5.89. The van der Waals surface area contributed by atoms with Crippen LogP contribution in [0.3, 0.4) is 0 Å². The highest BCUT2D eigenvalue weighted by molar-refractivity contribution is 8.00. The number of thioether (sulfide) groups is 1. The van der Waals surface area contributed by atoms with Crippen molar-refractivity contribution < 1.29 is 19.1 Å². The van der Waals surface area contributed by atoms with Gasteiger partial charge in [-0.05, 0) is 50.6 Å². The summed E-state index contributed by atoms with van der Waals surface area (Å²) in [6, 6.07) is 14.5. The lowest BCUT2D eigenvalue weighted by molar-refractivity contribution is -0.125. The fourth-order valence-corrected chi connectivity index (χ4v) is 5.36. The van der Waals surface area contributed by atoms with Crippen molar-refractivity contribution in [1.82, 2.24) is 9.88 Å². The molecular weight excluding hydrogens is 450 g/mol. The predicted molar refractivity (Wildman–Crippen MR) is 136 cm³/mol. The standard InChI is InChI=1S/C26H31N3O4S/c1-17(2)33-15-7-14-27-25(31)24-23-20-8-5-6-9-21(20)28(3)26(23)34-16-22(30)29(24)18-10-12-19(32-4)13-11-18/h5-6,8-13,17,24H,7,14-16H2,1-4H3,(H,27,31)/t24-/m0/s1.